The summed E-state index contributed by atoms with van der Waals surface area (Å²) in [7, 11) is 3.28. The van der Waals surface area contributed by atoms with Gasteiger partial charge in [0.2, 0.25) is 0 Å². The second-order valence-electron chi connectivity index (χ2n) is 6.35. The van der Waals surface area contributed by atoms with Crippen molar-refractivity contribution in [3.63, 3.8) is 0 Å². The molecule has 162 valence electrons. The second kappa shape index (κ2) is 10.4. The number of carbonyl (C=O) groups is 2. The minimum atomic E-state index is -0.468. The molecule has 31 heavy (non-hydrogen) atoms. The van der Waals surface area contributed by atoms with Gasteiger partial charge in [-0.15, -0.1) is 0 Å². The van der Waals surface area contributed by atoms with E-state index < -0.39 is 5.97 Å². The quantitative estimate of drug-likeness (QED) is 0.446. The zero-order valence-electron chi connectivity index (χ0n) is 17.3. The van der Waals surface area contributed by atoms with E-state index >= 15 is 0 Å². The van der Waals surface area contributed by atoms with Crippen molar-refractivity contribution < 1.29 is 23.8 Å². The van der Waals surface area contributed by atoms with Crippen molar-refractivity contribution in [2.45, 2.75) is 6.92 Å². The molecule has 1 saturated heterocycles. The Balaban J connectivity index is 1.74. The summed E-state index contributed by atoms with van der Waals surface area (Å²) in [5, 5.41) is 0.900. The average molecular weight is 461 g/mol. The Morgan fingerprint density at radius 2 is 1.97 bits per heavy atom. The van der Waals surface area contributed by atoms with Crippen molar-refractivity contribution >= 4 is 52.2 Å². The second-order valence-corrected chi connectivity index (χ2v) is 7.77. The Hall–Kier alpha value is -2.97. The predicted octanol–water partition coefficient (Wildman–Crippen LogP) is 4.52. The minimum absolute atomic E-state index is 0.156. The summed E-state index contributed by atoms with van der Waals surface area (Å²) < 4.78 is 15.3. The van der Waals surface area contributed by atoms with Gasteiger partial charge in [-0.2, -0.15) is 0 Å². The zero-order chi connectivity index (χ0) is 22.4. The smallest absolute Gasteiger partial charge is 0.344 e. The van der Waals surface area contributed by atoms with Gasteiger partial charge in [-0.3, -0.25) is 9.69 Å². The number of esters is 1. The molecule has 1 amide bonds. The lowest BCUT2D eigenvalue weighted by molar-refractivity contribution is -0.145. The van der Waals surface area contributed by atoms with E-state index in [1.54, 1.807) is 45.4 Å². The van der Waals surface area contributed by atoms with Crippen LogP contribution < -0.4 is 9.47 Å². The van der Waals surface area contributed by atoms with Crippen molar-refractivity contribution in [2.75, 3.05) is 27.4 Å². The van der Waals surface area contributed by atoms with E-state index in [-0.39, 0.29) is 19.1 Å². The van der Waals surface area contributed by atoms with E-state index in [4.69, 9.17) is 25.8 Å². The number of amides is 1. The number of halogens is 1. The number of carbonyl (C=O) groups excluding carboxylic acids is 2. The normalized spacial score (nSPS) is 16.1. The fraction of sp³-hybridized carbons (Fsp3) is 0.227. The molecule has 1 aliphatic rings. The van der Waals surface area contributed by atoms with Crippen molar-refractivity contribution in [2.24, 2.45) is 4.99 Å². The lowest BCUT2D eigenvalue weighted by atomic mass is 10.2. The van der Waals surface area contributed by atoms with E-state index in [1.165, 1.54) is 16.7 Å². The van der Waals surface area contributed by atoms with Crippen LogP contribution in [0.2, 0.25) is 5.02 Å². The molecule has 0 aliphatic carbocycles. The van der Waals surface area contributed by atoms with E-state index in [0.717, 1.165) is 17.0 Å². The molecule has 0 saturated carbocycles. The lowest BCUT2D eigenvalue weighted by Crippen LogP contribution is -2.23. The summed E-state index contributed by atoms with van der Waals surface area (Å²) in [6, 6.07) is 12.3. The minimum Gasteiger partial charge on any atom is -0.497 e. The first-order valence-electron chi connectivity index (χ1n) is 9.39. The van der Waals surface area contributed by atoms with Gasteiger partial charge in [0.15, 0.2) is 11.8 Å². The third-order valence-corrected chi connectivity index (χ3v) is 5.56. The standard InChI is InChI=1S/C22H21ClN2O5S/c1-4-29-20(26)13-30-18-10-5-14(11-17(18)23)12-19-21(27)25(2)22(31-19)24-15-6-8-16(28-3)9-7-15/h5-12H,4,13H2,1-3H3/b19-12-,24-22?. The molecule has 0 spiro atoms. The molecule has 0 bridgehead atoms. The fourth-order valence-electron chi connectivity index (χ4n) is 2.63. The number of methoxy groups -OCH3 is 1. The molecule has 2 aromatic carbocycles. The van der Waals surface area contributed by atoms with Crippen LogP contribution in [0.15, 0.2) is 52.4 Å². The molecule has 7 nitrogen and oxygen atoms in total. The SMILES string of the molecule is CCOC(=O)COc1ccc(/C=C2\SC(=Nc3ccc(OC)cc3)N(C)C2=O)cc1Cl. The number of rotatable bonds is 7. The molecular formula is C22H21ClN2O5S. The maximum atomic E-state index is 12.6. The zero-order valence-corrected chi connectivity index (χ0v) is 18.8. The van der Waals surface area contributed by atoms with Gasteiger partial charge in [0.1, 0.15) is 11.5 Å². The maximum Gasteiger partial charge on any atom is 0.344 e. The highest BCUT2D eigenvalue weighted by atomic mass is 35.5. The summed E-state index contributed by atoms with van der Waals surface area (Å²) in [6.07, 6.45) is 1.74. The lowest BCUT2D eigenvalue weighted by Gasteiger charge is -2.08. The van der Waals surface area contributed by atoms with Crippen molar-refractivity contribution in [3.8, 4) is 11.5 Å². The Labute approximate surface area is 189 Å². The van der Waals surface area contributed by atoms with Crippen LogP contribution in [0.1, 0.15) is 12.5 Å². The van der Waals surface area contributed by atoms with Gasteiger partial charge >= 0.3 is 5.97 Å². The number of thioether (sulfide) groups is 1. The molecule has 0 unspecified atom stereocenters. The molecule has 0 N–H and O–H groups in total. The molecule has 1 heterocycles. The highest BCUT2D eigenvalue weighted by molar-refractivity contribution is 8.18. The van der Waals surface area contributed by atoms with Crippen LogP contribution in [0.25, 0.3) is 6.08 Å². The summed E-state index contributed by atoms with van der Waals surface area (Å²) in [5.74, 6) is 0.473. The number of benzene rings is 2. The van der Waals surface area contributed by atoms with Crippen LogP contribution in [0.4, 0.5) is 5.69 Å². The van der Waals surface area contributed by atoms with E-state index in [0.29, 0.717) is 20.8 Å². The van der Waals surface area contributed by atoms with Crippen molar-refractivity contribution in [1.82, 2.24) is 4.90 Å². The third-order valence-electron chi connectivity index (χ3n) is 4.21. The van der Waals surface area contributed by atoms with Gasteiger partial charge in [-0.1, -0.05) is 17.7 Å². The first kappa shape index (κ1) is 22.7. The maximum absolute atomic E-state index is 12.6. The Morgan fingerprint density at radius 1 is 1.23 bits per heavy atom. The van der Waals surface area contributed by atoms with Crippen LogP contribution in [0.3, 0.4) is 0 Å². The van der Waals surface area contributed by atoms with Crippen molar-refractivity contribution in [1.29, 1.82) is 0 Å². The number of likely N-dealkylation sites (N-methyl/N-ethyl adjacent to an activating group) is 1. The molecular weight excluding hydrogens is 440 g/mol. The summed E-state index contributed by atoms with van der Waals surface area (Å²) in [4.78, 5) is 30.6. The van der Waals surface area contributed by atoms with E-state index in [2.05, 4.69) is 4.99 Å². The number of aliphatic imine (C=N–C) groups is 1. The van der Waals surface area contributed by atoms with Gasteiger partial charge < -0.3 is 14.2 Å². The molecule has 1 aliphatic heterocycles. The van der Waals surface area contributed by atoms with Crippen LogP contribution in [-0.4, -0.2) is 49.3 Å². The number of hydrogen-bond donors (Lipinski definition) is 0. The molecule has 1 fully saturated rings. The van der Waals surface area contributed by atoms with Crippen molar-refractivity contribution in [3.05, 3.63) is 58.0 Å². The van der Waals surface area contributed by atoms with Gasteiger partial charge in [0.25, 0.3) is 5.91 Å². The van der Waals surface area contributed by atoms with E-state index in [1.807, 2.05) is 24.3 Å². The van der Waals surface area contributed by atoms with Crippen LogP contribution in [-0.2, 0) is 14.3 Å². The fourth-order valence-corrected chi connectivity index (χ4v) is 3.86. The Morgan fingerprint density at radius 3 is 2.61 bits per heavy atom. The topological polar surface area (TPSA) is 77.4 Å². The van der Waals surface area contributed by atoms with E-state index in [9.17, 15) is 9.59 Å². The largest absolute Gasteiger partial charge is 0.497 e. The molecule has 2 aromatic rings. The summed E-state index contributed by atoms with van der Waals surface area (Å²) in [6.45, 7) is 1.78. The predicted molar refractivity (Wildman–Crippen MR) is 122 cm³/mol. The number of amidine groups is 1. The average Bonchev–Trinajstić information content (AvgIpc) is 3.01. The first-order chi connectivity index (χ1) is 14.9. The number of ether oxygens (including phenoxy) is 3. The Bertz CT molecular complexity index is 1040. The molecule has 0 aromatic heterocycles. The van der Waals surface area contributed by atoms with Gasteiger partial charge in [-0.25, -0.2) is 9.79 Å². The van der Waals surface area contributed by atoms with Gasteiger partial charge in [0, 0.05) is 7.05 Å². The number of hydrogen-bond acceptors (Lipinski definition) is 7. The highest BCUT2D eigenvalue weighted by Crippen LogP contribution is 2.34. The monoisotopic (exact) mass is 460 g/mol. The van der Waals surface area contributed by atoms with Crippen LogP contribution >= 0.6 is 23.4 Å². The summed E-state index contributed by atoms with van der Waals surface area (Å²) in [5.41, 5.74) is 1.44. The first-order valence-corrected chi connectivity index (χ1v) is 10.6. The number of nitrogens with zero attached hydrogens (tertiary/aromatic N) is 2. The van der Waals surface area contributed by atoms with Gasteiger partial charge in [-0.05, 0) is 66.7 Å². The molecule has 0 atom stereocenters. The molecule has 9 heteroatoms. The molecule has 3 rings (SSSR count). The third kappa shape index (κ3) is 5.80. The Kier molecular flexibility index (Phi) is 7.59. The van der Waals surface area contributed by atoms with Crippen LogP contribution in [0.5, 0.6) is 11.5 Å². The van der Waals surface area contributed by atoms with Gasteiger partial charge in [0.05, 0.1) is 29.3 Å². The molecule has 0 radical (unpaired) electrons. The highest BCUT2D eigenvalue weighted by Gasteiger charge is 2.30. The summed E-state index contributed by atoms with van der Waals surface area (Å²) >= 11 is 7.54. The van der Waals surface area contributed by atoms with Crippen LogP contribution in [0, 0.1) is 0 Å².